The third-order valence-electron chi connectivity index (χ3n) is 3.68. The summed E-state index contributed by atoms with van der Waals surface area (Å²) in [5.74, 6) is -0.495. The molecule has 2 aromatic heterocycles. The Morgan fingerprint density at radius 1 is 0.962 bits per heavy atom. The minimum Gasteiger partial charge on any atom is -0.472 e. The van der Waals surface area contributed by atoms with Crippen LogP contribution in [0, 0.1) is 5.82 Å². The second-order valence-electron chi connectivity index (χ2n) is 5.44. The molecule has 7 heteroatoms. The smallest absolute Gasteiger partial charge is 0.258 e. The Hall–Kier alpha value is -3.74. The van der Waals surface area contributed by atoms with Gasteiger partial charge < -0.3 is 14.2 Å². The maximum atomic E-state index is 13.7. The van der Waals surface area contributed by atoms with Gasteiger partial charge in [-0.1, -0.05) is 18.2 Å². The summed E-state index contributed by atoms with van der Waals surface area (Å²) in [7, 11) is 0. The third-order valence-corrected chi connectivity index (χ3v) is 3.68. The van der Waals surface area contributed by atoms with Gasteiger partial charge >= 0.3 is 0 Å². The molecule has 0 radical (unpaired) electrons. The van der Waals surface area contributed by atoms with Crippen molar-refractivity contribution in [3.05, 3.63) is 78.5 Å². The lowest BCUT2D eigenvalue weighted by molar-refractivity contribution is 0.102. The van der Waals surface area contributed by atoms with E-state index in [1.807, 2.05) is 0 Å². The fourth-order valence-corrected chi connectivity index (χ4v) is 2.42. The first kappa shape index (κ1) is 15.8. The van der Waals surface area contributed by atoms with E-state index in [0.29, 0.717) is 28.6 Å². The maximum absolute atomic E-state index is 13.7. The van der Waals surface area contributed by atoms with Gasteiger partial charge in [-0.15, -0.1) is 10.2 Å². The first-order valence-electron chi connectivity index (χ1n) is 7.73. The lowest BCUT2D eigenvalue weighted by Crippen LogP contribution is -2.13. The summed E-state index contributed by atoms with van der Waals surface area (Å²) < 4.78 is 24.3. The van der Waals surface area contributed by atoms with Gasteiger partial charge in [0.25, 0.3) is 11.8 Å². The Labute approximate surface area is 147 Å². The first-order chi connectivity index (χ1) is 12.7. The molecule has 0 atom stereocenters. The lowest BCUT2D eigenvalue weighted by atomic mass is 10.1. The van der Waals surface area contributed by atoms with Crippen LogP contribution in [0.25, 0.3) is 22.9 Å². The van der Waals surface area contributed by atoms with Gasteiger partial charge in [-0.05, 0) is 36.4 Å². The van der Waals surface area contributed by atoms with Crippen molar-refractivity contribution < 1.29 is 18.0 Å². The highest BCUT2D eigenvalue weighted by Gasteiger charge is 2.14. The van der Waals surface area contributed by atoms with Crippen molar-refractivity contribution in [2.75, 3.05) is 5.32 Å². The van der Waals surface area contributed by atoms with E-state index in [1.54, 1.807) is 36.4 Å². The predicted octanol–water partition coefficient (Wildman–Crippen LogP) is 4.39. The Morgan fingerprint density at radius 3 is 2.54 bits per heavy atom. The van der Waals surface area contributed by atoms with Crippen molar-refractivity contribution in [3.8, 4) is 22.9 Å². The largest absolute Gasteiger partial charge is 0.472 e. The number of hydrogen-bond acceptors (Lipinski definition) is 5. The minimum absolute atomic E-state index is 0.0297. The highest BCUT2D eigenvalue weighted by atomic mass is 19.1. The number of rotatable bonds is 4. The van der Waals surface area contributed by atoms with Gasteiger partial charge in [0.05, 0.1) is 17.4 Å². The SMILES string of the molecule is O=C(Nc1cccc(-c2nnc(-c3ccoc3)o2)c1)c1ccccc1F. The molecule has 0 saturated carbocycles. The minimum atomic E-state index is -0.581. The molecule has 0 fully saturated rings. The third kappa shape index (κ3) is 3.10. The van der Waals surface area contributed by atoms with E-state index in [1.165, 1.54) is 30.7 Å². The number of furan rings is 1. The summed E-state index contributed by atoms with van der Waals surface area (Å²) in [6.45, 7) is 0. The van der Waals surface area contributed by atoms with Crippen LogP contribution in [0.1, 0.15) is 10.4 Å². The number of carbonyl (C=O) groups is 1. The van der Waals surface area contributed by atoms with E-state index in [9.17, 15) is 9.18 Å². The van der Waals surface area contributed by atoms with E-state index in [0.717, 1.165) is 0 Å². The van der Waals surface area contributed by atoms with Crippen molar-refractivity contribution in [2.45, 2.75) is 0 Å². The molecule has 2 aromatic carbocycles. The molecular formula is C19H12FN3O3. The molecule has 2 heterocycles. The van der Waals surface area contributed by atoms with E-state index < -0.39 is 11.7 Å². The predicted molar refractivity (Wildman–Crippen MR) is 91.8 cm³/mol. The van der Waals surface area contributed by atoms with Crippen LogP contribution >= 0.6 is 0 Å². The molecule has 0 bridgehead atoms. The van der Waals surface area contributed by atoms with Crippen molar-refractivity contribution >= 4 is 11.6 Å². The summed E-state index contributed by atoms with van der Waals surface area (Å²) in [5, 5.41) is 10.6. The molecule has 26 heavy (non-hydrogen) atoms. The topological polar surface area (TPSA) is 81.2 Å². The standard InChI is InChI=1S/C19H12FN3O3/c20-16-7-2-1-6-15(16)17(24)21-14-5-3-4-12(10-14)18-22-23-19(26-18)13-8-9-25-11-13/h1-11H,(H,21,24). The zero-order valence-corrected chi connectivity index (χ0v) is 13.3. The molecule has 0 aliphatic heterocycles. The van der Waals surface area contributed by atoms with Crippen LogP contribution in [-0.4, -0.2) is 16.1 Å². The average Bonchev–Trinajstić information content (AvgIpc) is 3.34. The fourth-order valence-electron chi connectivity index (χ4n) is 2.42. The molecule has 0 spiro atoms. The Kier molecular flexibility index (Phi) is 4.03. The van der Waals surface area contributed by atoms with E-state index in [-0.39, 0.29) is 5.56 Å². The van der Waals surface area contributed by atoms with E-state index in [4.69, 9.17) is 8.83 Å². The van der Waals surface area contributed by atoms with Crippen LogP contribution in [0.4, 0.5) is 10.1 Å². The molecule has 0 saturated heterocycles. The number of nitrogens with one attached hydrogen (secondary N) is 1. The number of benzene rings is 2. The molecule has 1 amide bonds. The molecule has 0 unspecified atom stereocenters. The molecule has 4 aromatic rings. The van der Waals surface area contributed by atoms with Crippen LogP contribution in [0.15, 0.2) is 76.0 Å². The van der Waals surface area contributed by atoms with E-state index >= 15 is 0 Å². The number of carbonyl (C=O) groups excluding carboxylic acids is 1. The molecule has 0 aliphatic rings. The van der Waals surface area contributed by atoms with Gasteiger partial charge in [0.2, 0.25) is 5.89 Å². The number of anilines is 1. The van der Waals surface area contributed by atoms with Crippen molar-refractivity contribution in [1.29, 1.82) is 0 Å². The van der Waals surface area contributed by atoms with E-state index in [2.05, 4.69) is 15.5 Å². The average molecular weight is 349 g/mol. The Morgan fingerprint density at radius 2 is 1.77 bits per heavy atom. The normalized spacial score (nSPS) is 10.7. The highest BCUT2D eigenvalue weighted by molar-refractivity contribution is 6.04. The number of halogens is 1. The fraction of sp³-hybridized carbons (Fsp3) is 0. The molecular weight excluding hydrogens is 337 g/mol. The molecule has 0 aliphatic carbocycles. The monoisotopic (exact) mass is 349 g/mol. The molecule has 4 rings (SSSR count). The Balaban J connectivity index is 1.57. The van der Waals surface area contributed by atoms with Gasteiger partial charge in [0.15, 0.2) is 0 Å². The highest BCUT2D eigenvalue weighted by Crippen LogP contribution is 2.26. The molecule has 6 nitrogen and oxygen atoms in total. The molecule has 1 N–H and O–H groups in total. The summed E-state index contributed by atoms with van der Waals surface area (Å²) in [6, 6.07) is 14.4. The zero-order valence-electron chi connectivity index (χ0n) is 13.3. The maximum Gasteiger partial charge on any atom is 0.258 e. The second-order valence-corrected chi connectivity index (χ2v) is 5.44. The lowest BCUT2D eigenvalue weighted by Gasteiger charge is -2.06. The number of hydrogen-bond donors (Lipinski definition) is 1. The summed E-state index contributed by atoms with van der Waals surface area (Å²) >= 11 is 0. The number of aromatic nitrogens is 2. The Bertz CT molecular complexity index is 1060. The van der Waals surface area contributed by atoms with Crippen LogP contribution in [0.3, 0.4) is 0 Å². The van der Waals surface area contributed by atoms with Gasteiger partial charge in [-0.3, -0.25) is 4.79 Å². The number of nitrogens with zero attached hydrogens (tertiary/aromatic N) is 2. The van der Waals surface area contributed by atoms with Gasteiger partial charge in [-0.2, -0.15) is 0 Å². The van der Waals surface area contributed by atoms with Gasteiger partial charge in [-0.25, -0.2) is 4.39 Å². The number of amides is 1. The van der Waals surface area contributed by atoms with Crippen LogP contribution in [0.5, 0.6) is 0 Å². The first-order valence-corrected chi connectivity index (χ1v) is 7.73. The summed E-state index contributed by atoms with van der Waals surface area (Å²) in [4.78, 5) is 12.2. The zero-order chi connectivity index (χ0) is 17.9. The molecule has 128 valence electrons. The summed E-state index contributed by atoms with van der Waals surface area (Å²) in [6.07, 6.45) is 3.01. The second kappa shape index (κ2) is 6.64. The van der Waals surface area contributed by atoms with Gasteiger partial charge in [0.1, 0.15) is 12.1 Å². The van der Waals surface area contributed by atoms with Crippen molar-refractivity contribution in [2.24, 2.45) is 0 Å². The summed E-state index contributed by atoms with van der Waals surface area (Å²) in [5.41, 5.74) is 1.75. The van der Waals surface area contributed by atoms with Crippen molar-refractivity contribution in [1.82, 2.24) is 10.2 Å². The van der Waals surface area contributed by atoms with Crippen LogP contribution in [-0.2, 0) is 0 Å². The quantitative estimate of drug-likeness (QED) is 0.591. The van der Waals surface area contributed by atoms with Crippen LogP contribution < -0.4 is 5.32 Å². The van der Waals surface area contributed by atoms with Crippen LogP contribution in [0.2, 0.25) is 0 Å². The van der Waals surface area contributed by atoms with Crippen molar-refractivity contribution in [3.63, 3.8) is 0 Å². The van der Waals surface area contributed by atoms with Gasteiger partial charge in [0, 0.05) is 11.3 Å².